The zero-order valence-electron chi connectivity index (χ0n) is 9.48. The quantitative estimate of drug-likeness (QED) is 0.694. The molecule has 1 amide bonds. The van der Waals surface area contributed by atoms with E-state index in [1.807, 2.05) is 27.7 Å². The molecule has 1 fully saturated rings. The van der Waals surface area contributed by atoms with Crippen LogP contribution in [0.3, 0.4) is 0 Å². The zero-order chi connectivity index (χ0) is 10.9. The Morgan fingerprint density at radius 1 is 1.31 bits per heavy atom. The van der Waals surface area contributed by atoms with E-state index in [-0.39, 0.29) is 5.91 Å². The first kappa shape index (κ1) is 14.9. The molecule has 0 saturated heterocycles. The largest absolute Gasteiger partial charge is 0.388 e. The van der Waals surface area contributed by atoms with Gasteiger partial charge in [0.2, 0.25) is 5.91 Å². The first-order valence-electron chi connectivity index (χ1n) is 5.09. The van der Waals surface area contributed by atoms with Crippen LogP contribution in [0.2, 0.25) is 0 Å². The van der Waals surface area contributed by atoms with Crippen LogP contribution < -0.4 is 5.32 Å². The SMILES string of the molecule is CC.CC.CC(=O)NCC1(O)CC1. The van der Waals surface area contributed by atoms with Gasteiger partial charge in [-0.25, -0.2) is 0 Å². The molecule has 0 unspecified atom stereocenters. The summed E-state index contributed by atoms with van der Waals surface area (Å²) < 4.78 is 0. The number of hydrogen-bond acceptors (Lipinski definition) is 2. The van der Waals surface area contributed by atoms with E-state index in [9.17, 15) is 4.79 Å². The number of nitrogens with one attached hydrogen (secondary N) is 1. The van der Waals surface area contributed by atoms with Gasteiger partial charge >= 0.3 is 0 Å². The van der Waals surface area contributed by atoms with Gasteiger partial charge in [-0.15, -0.1) is 0 Å². The molecular formula is C10H23NO2. The maximum Gasteiger partial charge on any atom is 0.216 e. The van der Waals surface area contributed by atoms with Crippen molar-refractivity contribution in [3.05, 3.63) is 0 Å². The van der Waals surface area contributed by atoms with Crippen molar-refractivity contribution >= 4 is 5.91 Å². The van der Waals surface area contributed by atoms with Crippen LogP contribution in [0.5, 0.6) is 0 Å². The molecule has 0 heterocycles. The molecule has 1 rings (SSSR count). The Kier molecular flexibility index (Phi) is 9.24. The van der Waals surface area contributed by atoms with Gasteiger partial charge in [-0.1, -0.05) is 27.7 Å². The molecule has 0 aromatic rings. The Bertz CT molecular complexity index is 131. The van der Waals surface area contributed by atoms with Crippen molar-refractivity contribution in [3.63, 3.8) is 0 Å². The van der Waals surface area contributed by atoms with E-state index in [0.29, 0.717) is 6.54 Å². The van der Waals surface area contributed by atoms with Crippen LogP contribution in [0.4, 0.5) is 0 Å². The van der Waals surface area contributed by atoms with Gasteiger partial charge in [0, 0.05) is 13.5 Å². The number of rotatable bonds is 2. The summed E-state index contributed by atoms with van der Waals surface area (Å²) in [5.74, 6) is -0.0738. The molecule has 13 heavy (non-hydrogen) atoms. The lowest BCUT2D eigenvalue weighted by Gasteiger charge is -2.05. The normalized spacial score (nSPS) is 15.5. The van der Waals surface area contributed by atoms with Crippen molar-refractivity contribution in [1.82, 2.24) is 5.32 Å². The highest BCUT2D eigenvalue weighted by Gasteiger charge is 2.39. The van der Waals surface area contributed by atoms with Gasteiger partial charge in [-0.05, 0) is 12.8 Å². The second-order valence-corrected chi connectivity index (χ2v) is 2.63. The summed E-state index contributed by atoms with van der Waals surface area (Å²) >= 11 is 0. The van der Waals surface area contributed by atoms with Crippen molar-refractivity contribution < 1.29 is 9.90 Å². The average Bonchev–Trinajstić information content (AvgIpc) is 2.89. The third-order valence-corrected chi connectivity index (χ3v) is 1.49. The molecule has 2 N–H and O–H groups in total. The summed E-state index contributed by atoms with van der Waals surface area (Å²) in [4.78, 5) is 10.3. The third-order valence-electron chi connectivity index (χ3n) is 1.49. The summed E-state index contributed by atoms with van der Waals surface area (Å²) in [6.45, 7) is 9.87. The second-order valence-electron chi connectivity index (χ2n) is 2.63. The molecular weight excluding hydrogens is 166 g/mol. The van der Waals surface area contributed by atoms with Gasteiger partial charge in [-0.2, -0.15) is 0 Å². The number of amides is 1. The van der Waals surface area contributed by atoms with Crippen LogP contribution in [-0.4, -0.2) is 23.2 Å². The van der Waals surface area contributed by atoms with Gasteiger partial charge in [0.05, 0.1) is 5.60 Å². The minimum atomic E-state index is -0.550. The fourth-order valence-electron chi connectivity index (χ4n) is 0.610. The van der Waals surface area contributed by atoms with Gasteiger partial charge in [0.15, 0.2) is 0 Å². The minimum absolute atomic E-state index is 0.0738. The van der Waals surface area contributed by atoms with E-state index in [4.69, 9.17) is 5.11 Å². The average molecular weight is 189 g/mol. The molecule has 1 aliphatic rings. The van der Waals surface area contributed by atoms with Crippen molar-refractivity contribution in [2.45, 2.75) is 53.1 Å². The highest BCUT2D eigenvalue weighted by atomic mass is 16.3. The summed E-state index contributed by atoms with van der Waals surface area (Å²) in [5, 5.41) is 11.7. The third kappa shape index (κ3) is 9.34. The Morgan fingerprint density at radius 3 is 1.92 bits per heavy atom. The maximum absolute atomic E-state index is 10.3. The first-order chi connectivity index (χ1) is 6.12. The van der Waals surface area contributed by atoms with E-state index in [0.717, 1.165) is 12.8 Å². The van der Waals surface area contributed by atoms with Crippen molar-refractivity contribution in [2.24, 2.45) is 0 Å². The molecule has 1 saturated carbocycles. The molecule has 1 aliphatic carbocycles. The second kappa shape index (κ2) is 8.05. The molecule has 0 aliphatic heterocycles. The van der Waals surface area contributed by atoms with Crippen LogP contribution in [-0.2, 0) is 4.79 Å². The van der Waals surface area contributed by atoms with Crippen molar-refractivity contribution in [1.29, 1.82) is 0 Å². The van der Waals surface area contributed by atoms with E-state index in [1.54, 1.807) is 0 Å². The zero-order valence-corrected chi connectivity index (χ0v) is 9.48. The molecule has 3 heteroatoms. The van der Waals surface area contributed by atoms with Crippen molar-refractivity contribution in [3.8, 4) is 0 Å². The van der Waals surface area contributed by atoms with E-state index >= 15 is 0 Å². The molecule has 0 radical (unpaired) electrons. The van der Waals surface area contributed by atoms with Crippen LogP contribution in [0.25, 0.3) is 0 Å². The van der Waals surface area contributed by atoms with Crippen molar-refractivity contribution in [2.75, 3.05) is 6.54 Å². The summed E-state index contributed by atoms with van der Waals surface area (Å²) in [6, 6.07) is 0. The predicted molar refractivity (Wildman–Crippen MR) is 55.6 cm³/mol. The topological polar surface area (TPSA) is 49.3 Å². The van der Waals surface area contributed by atoms with Gasteiger partial charge < -0.3 is 10.4 Å². The Morgan fingerprint density at radius 2 is 1.69 bits per heavy atom. The summed E-state index contributed by atoms with van der Waals surface area (Å²) in [5.41, 5.74) is -0.550. The van der Waals surface area contributed by atoms with Crippen LogP contribution in [0.1, 0.15) is 47.5 Å². The predicted octanol–water partition coefficient (Wildman–Crippen LogP) is 1.70. The minimum Gasteiger partial charge on any atom is -0.388 e. The molecule has 80 valence electrons. The molecule has 0 bridgehead atoms. The summed E-state index contributed by atoms with van der Waals surface area (Å²) in [6.07, 6.45) is 1.65. The Balaban J connectivity index is 0. The maximum atomic E-state index is 10.3. The molecule has 0 aromatic carbocycles. The van der Waals surface area contributed by atoms with E-state index in [2.05, 4.69) is 5.32 Å². The van der Waals surface area contributed by atoms with E-state index in [1.165, 1.54) is 6.92 Å². The smallest absolute Gasteiger partial charge is 0.216 e. The van der Waals surface area contributed by atoms with Crippen LogP contribution >= 0.6 is 0 Å². The molecule has 0 atom stereocenters. The fraction of sp³-hybridized carbons (Fsp3) is 0.900. The lowest BCUT2D eigenvalue weighted by atomic mass is 10.3. The highest BCUT2D eigenvalue weighted by molar-refractivity contribution is 5.72. The molecule has 0 spiro atoms. The summed E-state index contributed by atoms with van der Waals surface area (Å²) in [7, 11) is 0. The van der Waals surface area contributed by atoms with Crippen LogP contribution in [0.15, 0.2) is 0 Å². The standard InChI is InChI=1S/C6H11NO2.2C2H6/c1-5(8)7-4-6(9)2-3-6;2*1-2/h9H,2-4H2,1H3,(H,7,8);2*1-2H3. The van der Waals surface area contributed by atoms with Gasteiger partial charge in [0.25, 0.3) is 0 Å². The fourth-order valence-corrected chi connectivity index (χ4v) is 0.610. The number of carbonyl (C=O) groups excluding carboxylic acids is 1. The van der Waals surface area contributed by atoms with Crippen LogP contribution in [0, 0.1) is 0 Å². The number of carbonyl (C=O) groups is 1. The van der Waals surface area contributed by atoms with E-state index < -0.39 is 5.60 Å². The Labute approximate surface area is 81.5 Å². The van der Waals surface area contributed by atoms with Gasteiger partial charge in [0.1, 0.15) is 0 Å². The number of aliphatic hydroxyl groups is 1. The Hall–Kier alpha value is -0.570. The molecule has 3 nitrogen and oxygen atoms in total. The van der Waals surface area contributed by atoms with Gasteiger partial charge in [-0.3, -0.25) is 4.79 Å². The highest BCUT2D eigenvalue weighted by Crippen LogP contribution is 2.33. The lowest BCUT2D eigenvalue weighted by Crippen LogP contribution is -2.31. The number of hydrogen-bond donors (Lipinski definition) is 2. The lowest BCUT2D eigenvalue weighted by molar-refractivity contribution is -0.119. The molecule has 0 aromatic heterocycles. The monoisotopic (exact) mass is 189 g/mol. The first-order valence-corrected chi connectivity index (χ1v) is 5.09.